The predicted molar refractivity (Wildman–Crippen MR) is 109 cm³/mol. The van der Waals surface area contributed by atoms with E-state index in [2.05, 4.69) is 17.1 Å². The molecule has 2 aliphatic heterocycles. The Hall–Kier alpha value is -1.74. The molecule has 8 heteroatoms. The summed E-state index contributed by atoms with van der Waals surface area (Å²) in [6, 6.07) is 14.4. The smallest absolute Gasteiger partial charge is 0.287 e. The molecule has 0 bridgehead atoms. The van der Waals surface area contributed by atoms with Gasteiger partial charge in [-0.3, -0.25) is 0 Å². The fourth-order valence-electron chi connectivity index (χ4n) is 3.62. The van der Waals surface area contributed by atoms with Crippen LogP contribution in [0.25, 0.3) is 0 Å². The molecule has 1 aromatic heterocycles. The molecule has 30 heavy (non-hydrogen) atoms. The summed E-state index contributed by atoms with van der Waals surface area (Å²) in [6.45, 7) is 4.76. The largest absolute Gasteiger partial charge is 0.469 e. The lowest BCUT2D eigenvalue weighted by Crippen LogP contribution is -2.54. The summed E-state index contributed by atoms with van der Waals surface area (Å²) in [5.41, 5.74) is -0.339. The molecule has 4 rings (SSSR count). The van der Waals surface area contributed by atoms with Crippen LogP contribution in [0.5, 0.6) is 5.88 Å². The van der Waals surface area contributed by atoms with E-state index in [1.165, 1.54) is 12.1 Å². The second-order valence-electron chi connectivity index (χ2n) is 7.97. The lowest BCUT2D eigenvalue weighted by Gasteiger charge is -2.36. The molecular formula is C22H25F2NO4S. The van der Waals surface area contributed by atoms with Crippen LogP contribution in [0.2, 0.25) is 0 Å². The van der Waals surface area contributed by atoms with Gasteiger partial charge in [0.25, 0.3) is 5.92 Å². The first-order valence-electron chi connectivity index (χ1n) is 9.88. The molecule has 2 saturated heterocycles. The first-order valence-corrected chi connectivity index (χ1v) is 10.9. The van der Waals surface area contributed by atoms with E-state index in [0.29, 0.717) is 5.75 Å². The zero-order valence-corrected chi connectivity index (χ0v) is 17.9. The first-order chi connectivity index (χ1) is 14.2. The third kappa shape index (κ3) is 4.94. The Bertz CT molecular complexity index is 862. The Morgan fingerprint density at radius 2 is 1.83 bits per heavy atom. The number of alkyl halides is 2. The summed E-state index contributed by atoms with van der Waals surface area (Å²) in [7, 11) is 0. The van der Waals surface area contributed by atoms with Crippen molar-refractivity contribution >= 4 is 11.8 Å². The van der Waals surface area contributed by atoms with Crippen LogP contribution in [0.4, 0.5) is 8.78 Å². The summed E-state index contributed by atoms with van der Waals surface area (Å²) in [5, 5.41) is 0. The molecule has 162 valence electrons. The van der Waals surface area contributed by atoms with Crippen molar-refractivity contribution in [3.63, 3.8) is 0 Å². The maximum Gasteiger partial charge on any atom is 0.287 e. The molecule has 4 atom stereocenters. The third-order valence-electron chi connectivity index (χ3n) is 4.97. The Kier molecular flexibility index (Phi) is 6.03. The molecule has 0 spiro atoms. The molecule has 3 heterocycles. The van der Waals surface area contributed by atoms with Crippen molar-refractivity contribution in [2.24, 2.45) is 0 Å². The molecule has 0 amide bonds. The molecule has 0 saturated carbocycles. The van der Waals surface area contributed by atoms with Crippen LogP contribution in [0.3, 0.4) is 0 Å². The van der Waals surface area contributed by atoms with Gasteiger partial charge in [-0.2, -0.15) is 8.78 Å². The molecule has 2 fully saturated rings. The number of rotatable bonds is 6. The van der Waals surface area contributed by atoms with Crippen molar-refractivity contribution in [2.75, 3.05) is 12.4 Å². The van der Waals surface area contributed by atoms with Gasteiger partial charge in [0, 0.05) is 23.6 Å². The van der Waals surface area contributed by atoms with Crippen molar-refractivity contribution in [1.29, 1.82) is 0 Å². The number of fused-ring (bicyclic) bond motifs is 1. The van der Waals surface area contributed by atoms with Crippen LogP contribution in [-0.2, 0) is 20.1 Å². The molecule has 5 nitrogen and oxygen atoms in total. The van der Waals surface area contributed by atoms with Crippen LogP contribution in [0.15, 0.2) is 53.4 Å². The van der Waals surface area contributed by atoms with Crippen LogP contribution in [-0.4, -0.2) is 47.5 Å². The number of thioether (sulfide) groups is 1. The number of nitrogens with zero attached hydrogens (tertiary/aromatic N) is 1. The number of ether oxygens (including phenoxy) is 4. The normalized spacial score (nSPS) is 28.2. The highest BCUT2D eigenvalue weighted by atomic mass is 32.2. The van der Waals surface area contributed by atoms with E-state index in [1.807, 2.05) is 32.0 Å². The number of halogens is 2. The molecule has 2 aromatic rings. The van der Waals surface area contributed by atoms with Gasteiger partial charge in [0.1, 0.15) is 17.9 Å². The Labute approximate surface area is 179 Å². The van der Waals surface area contributed by atoms with Crippen molar-refractivity contribution in [2.45, 2.75) is 61.8 Å². The molecule has 1 aromatic carbocycles. The van der Waals surface area contributed by atoms with Crippen LogP contribution in [0.1, 0.15) is 26.5 Å². The van der Waals surface area contributed by atoms with Crippen molar-refractivity contribution < 1.29 is 27.7 Å². The maximum atomic E-state index is 13.6. The monoisotopic (exact) mass is 437 g/mol. The fraction of sp³-hybridized carbons (Fsp3) is 0.500. The van der Waals surface area contributed by atoms with Gasteiger partial charge in [-0.15, -0.1) is 11.8 Å². The zero-order chi connectivity index (χ0) is 21.4. The zero-order valence-electron chi connectivity index (χ0n) is 17.1. The predicted octanol–water partition coefficient (Wildman–Crippen LogP) is 4.65. The Balaban J connectivity index is 1.47. The third-order valence-corrected chi connectivity index (χ3v) is 6.07. The van der Waals surface area contributed by atoms with Gasteiger partial charge in [-0.05, 0) is 32.0 Å². The van der Waals surface area contributed by atoms with Crippen molar-refractivity contribution in [1.82, 2.24) is 4.98 Å². The second kappa shape index (κ2) is 8.42. The van der Waals surface area contributed by atoms with Crippen LogP contribution < -0.4 is 4.74 Å². The van der Waals surface area contributed by atoms with Gasteiger partial charge >= 0.3 is 0 Å². The van der Waals surface area contributed by atoms with Gasteiger partial charge in [-0.25, -0.2) is 4.98 Å². The van der Waals surface area contributed by atoms with Crippen LogP contribution in [0, 0.1) is 0 Å². The minimum atomic E-state index is -3.04. The summed E-state index contributed by atoms with van der Waals surface area (Å²) < 4.78 is 51.4. The van der Waals surface area contributed by atoms with E-state index in [4.69, 9.17) is 18.9 Å². The van der Waals surface area contributed by atoms with Gasteiger partial charge in [-0.1, -0.05) is 24.3 Å². The second-order valence-corrected chi connectivity index (χ2v) is 9.06. The fourth-order valence-corrected chi connectivity index (χ4v) is 4.61. The molecule has 0 unspecified atom stereocenters. The van der Waals surface area contributed by atoms with E-state index in [0.717, 1.165) is 11.8 Å². The van der Waals surface area contributed by atoms with E-state index < -0.39 is 17.8 Å². The molecule has 0 radical (unpaired) electrons. The van der Waals surface area contributed by atoms with Gasteiger partial charge in [0.2, 0.25) is 5.88 Å². The number of aromatic nitrogens is 1. The lowest BCUT2D eigenvalue weighted by atomic mass is 10.0. The first kappa shape index (κ1) is 21.5. The summed E-state index contributed by atoms with van der Waals surface area (Å²) in [4.78, 5) is 5.10. The highest BCUT2D eigenvalue weighted by Crippen LogP contribution is 2.38. The molecule has 0 N–H and O–H groups in total. The lowest BCUT2D eigenvalue weighted by molar-refractivity contribution is -0.152. The van der Waals surface area contributed by atoms with E-state index in [9.17, 15) is 8.78 Å². The van der Waals surface area contributed by atoms with E-state index in [1.54, 1.807) is 17.8 Å². The maximum absolute atomic E-state index is 13.6. The summed E-state index contributed by atoms with van der Waals surface area (Å²) in [6.07, 6.45) is -1.41. The number of pyridine rings is 1. The van der Waals surface area contributed by atoms with Gasteiger partial charge < -0.3 is 18.9 Å². The highest BCUT2D eigenvalue weighted by molar-refractivity contribution is 7.99. The minimum absolute atomic E-state index is 0.117. The SMILES string of the molecule is CC1(C)O[C@@H]2[C@H](O1)[C@@H](Oc1cccc(C(C)(F)F)n1)CO[C@@H]2CSc1ccccc1. The van der Waals surface area contributed by atoms with Gasteiger partial charge in [0.15, 0.2) is 11.9 Å². The molecule has 0 aliphatic carbocycles. The average molecular weight is 438 g/mol. The highest BCUT2D eigenvalue weighted by Gasteiger charge is 2.53. The standard InChI is InChI=1S/C22H25F2NO4S/c1-21(2)28-19-15(27-18-11-7-10-17(25-18)22(3,23)24)12-26-16(20(19)29-21)13-30-14-8-5-4-6-9-14/h4-11,15-16,19-20H,12-13H2,1-3H3/t15-,16+,19+,20-/m0/s1. The van der Waals surface area contributed by atoms with Crippen molar-refractivity contribution in [3.8, 4) is 5.88 Å². The topological polar surface area (TPSA) is 49.8 Å². The quantitative estimate of drug-likeness (QED) is 0.613. The minimum Gasteiger partial charge on any atom is -0.469 e. The number of benzene rings is 1. The summed E-state index contributed by atoms with van der Waals surface area (Å²) >= 11 is 1.69. The number of hydrogen-bond acceptors (Lipinski definition) is 6. The Morgan fingerprint density at radius 3 is 2.57 bits per heavy atom. The van der Waals surface area contributed by atoms with Crippen LogP contribution >= 0.6 is 11.8 Å². The number of hydrogen-bond donors (Lipinski definition) is 0. The molecule has 2 aliphatic rings. The summed E-state index contributed by atoms with van der Waals surface area (Å²) in [5.74, 6) is -3.01. The van der Waals surface area contributed by atoms with Crippen molar-refractivity contribution in [3.05, 3.63) is 54.2 Å². The van der Waals surface area contributed by atoms with E-state index >= 15 is 0 Å². The van der Waals surface area contributed by atoms with E-state index in [-0.39, 0.29) is 36.5 Å². The average Bonchev–Trinajstić information content (AvgIpc) is 3.03. The Morgan fingerprint density at radius 1 is 1.10 bits per heavy atom. The van der Waals surface area contributed by atoms with Gasteiger partial charge in [0.05, 0.1) is 12.7 Å². The molecular weight excluding hydrogens is 412 g/mol.